The molecule has 4 nitrogen and oxygen atoms in total. The highest BCUT2D eigenvalue weighted by atomic mass is 16.5. The van der Waals surface area contributed by atoms with Crippen molar-refractivity contribution in [3.8, 4) is 11.5 Å². The first-order valence-corrected chi connectivity index (χ1v) is 6.88. The molecule has 0 aliphatic carbocycles. The van der Waals surface area contributed by atoms with E-state index in [4.69, 9.17) is 10.5 Å². The third-order valence-electron chi connectivity index (χ3n) is 2.56. The SMILES string of the molecule is CC(C)(C)N=C(N)Nc1ccc(Oc2ccccc2)cc1. The van der Waals surface area contributed by atoms with Crippen LogP contribution in [-0.4, -0.2) is 11.5 Å². The summed E-state index contributed by atoms with van der Waals surface area (Å²) in [6.07, 6.45) is 0. The Balaban J connectivity index is 2.01. The minimum atomic E-state index is -0.201. The fourth-order valence-corrected chi connectivity index (χ4v) is 1.77. The topological polar surface area (TPSA) is 59.6 Å². The summed E-state index contributed by atoms with van der Waals surface area (Å²) in [5.41, 5.74) is 6.54. The van der Waals surface area contributed by atoms with Gasteiger partial charge in [0.1, 0.15) is 11.5 Å². The van der Waals surface area contributed by atoms with E-state index in [-0.39, 0.29) is 5.54 Å². The van der Waals surface area contributed by atoms with Gasteiger partial charge in [-0.1, -0.05) is 18.2 Å². The van der Waals surface area contributed by atoms with Crippen LogP contribution in [0.25, 0.3) is 0 Å². The molecule has 0 spiro atoms. The molecule has 0 aromatic heterocycles. The van der Waals surface area contributed by atoms with E-state index >= 15 is 0 Å². The molecule has 0 atom stereocenters. The zero-order valence-corrected chi connectivity index (χ0v) is 12.6. The molecule has 0 aliphatic heterocycles. The first-order valence-electron chi connectivity index (χ1n) is 6.88. The van der Waals surface area contributed by atoms with Crippen molar-refractivity contribution in [2.24, 2.45) is 10.7 Å². The quantitative estimate of drug-likeness (QED) is 0.661. The maximum atomic E-state index is 5.86. The first kappa shape index (κ1) is 14.9. The van der Waals surface area contributed by atoms with Gasteiger partial charge in [0.2, 0.25) is 0 Å². The van der Waals surface area contributed by atoms with Crippen LogP contribution in [0.4, 0.5) is 5.69 Å². The van der Waals surface area contributed by atoms with Gasteiger partial charge in [0.15, 0.2) is 5.96 Å². The number of para-hydroxylation sites is 1. The average molecular weight is 283 g/mol. The number of benzene rings is 2. The summed E-state index contributed by atoms with van der Waals surface area (Å²) in [5.74, 6) is 1.99. The van der Waals surface area contributed by atoms with Gasteiger partial charge in [-0.3, -0.25) is 0 Å². The zero-order valence-electron chi connectivity index (χ0n) is 12.6. The lowest BCUT2D eigenvalue weighted by atomic mass is 10.1. The molecule has 3 N–H and O–H groups in total. The van der Waals surface area contributed by atoms with Crippen LogP contribution in [0.5, 0.6) is 11.5 Å². The van der Waals surface area contributed by atoms with Crippen LogP contribution in [0.1, 0.15) is 20.8 Å². The summed E-state index contributed by atoms with van der Waals surface area (Å²) in [6, 6.07) is 17.3. The van der Waals surface area contributed by atoms with E-state index in [0.717, 1.165) is 17.2 Å². The van der Waals surface area contributed by atoms with Gasteiger partial charge in [0.05, 0.1) is 5.54 Å². The van der Waals surface area contributed by atoms with E-state index < -0.39 is 0 Å². The minimum Gasteiger partial charge on any atom is -0.457 e. The number of nitrogens with two attached hydrogens (primary N) is 1. The Morgan fingerprint density at radius 1 is 0.952 bits per heavy atom. The maximum absolute atomic E-state index is 5.86. The number of hydrogen-bond acceptors (Lipinski definition) is 2. The Morgan fingerprint density at radius 3 is 2.10 bits per heavy atom. The van der Waals surface area contributed by atoms with Crippen LogP contribution >= 0.6 is 0 Å². The number of ether oxygens (including phenoxy) is 1. The molecule has 2 aromatic rings. The lowest BCUT2D eigenvalue weighted by Crippen LogP contribution is -2.27. The van der Waals surface area contributed by atoms with E-state index in [1.165, 1.54) is 0 Å². The second-order valence-corrected chi connectivity index (χ2v) is 5.73. The summed E-state index contributed by atoms with van der Waals surface area (Å²) in [7, 11) is 0. The van der Waals surface area contributed by atoms with Crippen molar-refractivity contribution in [1.29, 1.82) is 0 Å². The number of hydrogen-bond donors (Lipinski definition) is 2. The Labute approximate surface area is 125 Å². The van der Waals surface area contributed by atoms with Gasteiger partial charge in [0, 0.05) is 5.69 Å². The van der Waals surface area contributed by atoms with Crippen LogP contribution in [0, 0.1) is 0 Å². The normalized spacial score (nSPS) is 12.0. The van der Waals surface area contributed by atoms with Crippen molar-refractivity contribution in [3.63, 3.8) is 0 Å². The molecular weight excluding hydrogens is 262 g/mol. The number of nitrogens with zero attached hydrogens (tertiary/aromatic N) is 1. The number of anilines is 1. The van der Waals surface area contributed by atoms with Crippen molar-refractivity contribution in [2.45, 2.75) is 26.3 Å². The Morgan fingerprint density at radius 2 is 1.52 bits per heavy atom. The van der Waals surface area contributed by atoms with E-state index in [0.29, 0.717) is 5.96 Å². The van der Waals surface area contributed by atoms with Gasteiger partial charge < -0.3 is 15.8 Å². The molecule has 0 radical (unpaired) electrons. The number of rotatable bonds is 3. The molecule has 0 aliphatic rings. The smallest absolute Gasteiger partial charge is 0.193 e. The molecule has 4 heteroatoms. The molecule has 0 bridgehead atoms. The maximum Gasteiger partial charge on any atom is 0.193 e. The van der Waals surface area contributed by atoms with Gasteiger partial charge in [0.25, 0.3) is 0 Å². The Hall–Kier alpha value is -2.49. The zero-order chi connectivity index (χ0) is 15.3. The summed E-state index contributed by atoms with van der Waals surface area (Å²) in [5, 5.41) is 3.06. The molecule has 0 heterocycles. The second kappa shape index (κ2) is 6.31. The number of guanidine groups is 1. The molecule has 0 saturated heterocycles. The second-order valence-electron chi connectivity index (χ2n) is 5.73. The van der Waals surface area contributed by atoms with E-state index in [9.17, 15) is 0 Å². The molecular formula is C17H21N3O. The molecule has 110 valence electrons. The highest BCUT2D eigenvalue weighted by molar-refractivity contribution is 5.92. The van der Waals surface area contributed by atoms with E-state index in [2.05, 4.69) is 10.3 Å². The summed E-state index contributed by atoms with van der Waals surface area (Å²) < 4.78 is 5.73. The molecule has 0 saturated carbocycles. The van der Waals surface area contributed by atoms with Crippen molar-refractivity contribution in [2.75, 3.05) is 5.32 Å². The van der Waals surface area contributed by atoms with Gasteiger partial charge in [-0.15, -0.1) is 0 Å². The van der Waals surface area contributed by atoms with Crippen molar-refractivity contribution < 1.29 is 4.74 Å². The van der Waals surface area contributed by atoms with E-state index in [1.807, 2.05) is 75.4 Å². The molecule has 21 heavy (non-hydrogen) atoms. The Bertz CT molecular complexity index is 598. The minimum absolute atomic E-state index is 0.201. The lowest BCUT2D eigenvalue weighted by Gasteiger charge is -2.14. The van der Waals surface area contributed by atoms with Crippen LogP contribution in [0.3, 0.4) is 0 Å². The molecule has 2 aromatic carbocycles. The third-order valence-corrected chi connectivity index (χ3v) is 2.56. The molecule has 2 rings (SSSR count). The third kappa shape index (κ3) is 5.18. The van der Waals surface area contributed by atoms with Gasteiger partial charge in [-0.2, -0.15) is 0 Å². The van der Waals surface area contributed by atoms with Crippen molar-refractivity contribution in [1.82, 2.24) is 0 Å². The lowest BCUT2D eigenvalue weighted by molar-refractivity contribution is 0.483. The summed E-state index contributed by atoms with van der Waals surface area (Å²) in [4.78, 5) is 4.35. The predicted octanol–water partition coefficient (Wildman–Crippen LogP) is 4.00. The fraction of sp³-hybridized carbons (Fsp3) is 0.235. The monoisotopic (exact) mass is 283 g/mol. The largest absolute Gasteiger partial charge is 0.457 e. The highest BCUT2D eigenvalue weighted by Gasteiger charge is 2.08. The summed E-state index contributed by atoms with van der Waals surface area (Å²) >= 11 is 0. The average Bonchev–Trinajstić information content (AvgIpc) is 2.40. The highest BCUT2D eigenvalue weighted by Crippen LogP contribution is 2.22. The first-order chi connectivity index (χ1) is 9.92. The van der Waals surface area contributed by atoms with Crippen LogP contribution in [0.15, 0.2) is 59.6 Å². The van der Waals surface area contributed by atoms with Crippen LogP contribution in [0.2, 0.25) is 0 Å². The molecule has 0 amide bonds. The molecule has 0 fully saturated rings. The van der Waals surface area contributed by atoms with Gasteiger partial charge >= 0.3 is 0 Å². The Kier molecular flexibility index (Phi) is 4.48. The molecule has 0 unspecified atom stereocenters. The summed E-state index contributed by atoms with van der Waals surface area (Å²) in [6.45, 7) is 6.00. The number of aliphatic imine (C=N–C) groups is 1. The van der Waals surface area contributed by atoms with E-state index in [1.54, 1.807) is 0 Å². The number of nitrogens with one attached hydrogen (secondary N) is 1. The predicted molar refractivity (Wildman–Crippen MR) is 88.0 cm³/mol. The standard InChI is InChI=1S/C17H21N3O/c1-17(2,3)20-16(18)19-13-9-11-15(12-10-13)21-14-7-5-4-6-8-14/h4-12H,1-3H3,(H3,18,19,20). The van der Waals surface area contributed by atoms with Crippen LogP contribution < -0.4 is 15.8 Å². The van der Waals surface area contributed by atoms with Crippen LogP contribution in [-0.2, 0) is 0 Å². The van der Waals surface area contributed by atoms with Crippen molar-refractivity contribution >= 4 is 11.6 Å². The van der Waals surface area contributed by atoms with Crippen molar-refractivity contribution in [3.05, 3.63) is 54.6 Å². The fourth-order valence-electron chi connectivity index (χ4n) is 1.77. The van der Waals surface area contributed by atoms with Gasteiger partial charge in [-0.25, -0.2) is 4.99 Å². The van der Waals surface area contributed by atoms with Gasteiger partial charge in [-0.05, 0) is 57.2 Å².